The van der Waals surface area contributed by atoms with E-state index in [1.807, 2.05) is 49.9 Å². The Bertz CT molecular complexity index is 1050. The van der Waals surface area contributed by atoms with Crippen LogP contribution in [-0.4, -0.2) is 48.9 Å². The second-order valence-electron chi connectivity index (χ2n) is 9.35. The van der Waals surface area contributed by atoms with Crippen molar-refractivity contribution in [2.75, 3.05) is 31.6 Å². The van der Waals surface area contributed by atoms with Gasteiger partial charge in [0.05, 0.1) is 6.61 Å². The van der Waals surface area contributed by atoms with E-state index in [0.717, 1.165) is 37.9 Å². The topological polar surface area (TPSA) is 97.0 Å². The van der Waals surface area contributed by atoms with E-state index in [-0.39, 0.29) is 30.2 Å². The van der Waals surface area contributed by atoms with Crippen LogP contribution in [-0.2, 0) is 16.1 Å². The van der Waals surface area contributed by atoms with E-state index in [1.165, 1.54) is 0 Å². The van der Waals surface area contributed by atoms with E-state index >= 15 is 0 Å². The van der Waals surface area contributed by atoms with Crippen LogP contribution in [0.5, 0.6) is 11.5 Å². The standard InChI is InChI=1S/C28H37N3O5/c1-4-35-25-17-22(11-12-24(25)36-19-27(33)31-13-6-5-7-14-31)28(34)29-18-21-9-8-10-23(16-21)30-26(32)15-20(2)3/h8-12,16-17,20H,4-7,13-15,18-19H2,1-3H3,(H,29,34)(H,30,32). The molecule has 0 spiro atoms. The van der Waals surface area contributed by atoms with E-state index < -0.39 is 0 Å². The zero-order valence-corrected chi connectivity index (χ0v) is 21.5. The molecule has 2 aromatic rings. The molecule has 8 nitrogen and oxygen atoms in total. The summed E-state index contributed by atoms with van der Waals surface area (Å²) in [5.41, 5.74) is 1.99. The summed E-state index contributed by atoms with van der Waals surface area (Å²) in [6.45, 7) is 8.03. The van der Waals surface area contributed by atoms with E-state index in [0.29, 0.717) is 42.3 Å². The van der Waals surface area contributed by atoms with E-state index in [1.54, 1.807) is 18.2 Å². The van der Waals surface area contributed by atoms with Gasteiger partial charge in [-0.1, -0.05) is 26.0 Å². The van der Waals surface area contributed by atoms with Crippen LogP contribution >= 0.6 is 0 Å². The summed E-state index contributed by atoms with van der Waals surface area (Å²) in [5.74, 6) is 0.799. The zero-order valence-electron chi connectivity index (χ0n) is 21.5. The lowest BCUT2D eigenvalue weighted by molar-refractivity contribution is -0.134. The van der Waals surface area contributed by atoms with E-state index in [9.17, 15) is 14.4 Å². The lowest BCUT2D eigenvalue weighted by Crippen LogP contribution is -2.38. The summed E-state index contributed by atoms with van der Waals surface area (Å²) in [4.78, 5) is 39.1. The molecule has 1 saturated heterocycles. The highest BCUT2D eigenvalue weighted by Crippen LogP contribution is 2.29. The highest BCUT2D eigenvalue weighted by atomic mass is 16.5. The summed E-state index contributed by atoms with van der Waals surface area (Å²) >= 11 is 0. The predicted octanol–water partition coefficient (Wildman–Crippen LogP) is 4.39. The second-order valence-corrected chi connectivity index (χ2v) is 9.35. The summed E-state index contributed by atoms with van der Waals surface area (Å²) in [7, 11) is 0. The number of nitrogens with zero attached hydrogens (tertiary/aromatic N) is 1. The molecule has 2 N–H and O–H groups in total. The first-order valence-corrected chi connectivity index (χ1v) is 12.7. The van der Waals surface area contributed by atoms with Gasteiger partial charge in [0.1, 0.15) is 0 Å². The summed E-state index contributed by atoms with van der Waals surface area (Å²) in [6.07, 6.45) is 3.66. The van der Waals surface area contributed by atoms with Crippen LogP contribution in [0.1, 0.15) is 62.4 Å². The van der Waals surface area contributed by atoms with Gasteiger partial charge in [-0.15, -0.1) is 0 Å². The fourth-order valence-corrected chi connectivity index (χ4v) is 4.04. The lowest BCUT2D eigenvalue weighted by Gasteiger charge is -2.26. The maximum absolute atomic E-state index is 12.8. The van der Waals surface area contributed by atoms with Crippen LogP contribution in [0.3, 0.4) is 0 Å². The molecule has 2 aromatic carbocycles. The number of benzene rings is 2. The Labute approximate surface area is 213 Å². The minimum Gasteiger partial charge on any atom is -0.490 e. The van der Waals surface area contributed by atoms with Crippen LogP contribution in [0, 0.1) is 5.92 Å². The molecule has 0 bridgehead atoms. The fourth-order valence-electron chi connectivity index (χ4n) is 4.04. The fraction of sp³-hybridized carbons (Fsp3) is 0.464. The Kier molecular flexibility index (Phi) is 10.2. The van der Waals surface area contributed by atoms with Crippen molar-refractivity contribution in [1.29, 1.82) is 0 Å². The number of anilines is 1. The van der Waals surface area contributed by atoms with Crippen molar-refractivity contribution in [3.05, 3.63) is 53.6 Å². The van der Waals surface area contributed by atoms with Crippen molar-refractivity contribution in [2.24, 2.45) is 5.92 Å². The Balaban J connectivity index is 1.58. The Morgan fingerprint density at radius 3 is 2.47 bits per heavy atom. The van der Waals surface area contributed by atoms with Gasteiger partial charge in [-0.05, 0) is 68.0 Å². The van der Waals surface area contributed by atoms with Gasteiger partial charge in [0.15, 0.2) is 18.1 Å². The number of nitrogens with one attached hydrogen (secondary N) is 2. The summed E-state index contributed by atoms with van der Waals surface area (Å²) in [5, 5.41) is 5.79. The van der Waals surface area contributed by atoms with Gasteiger partial charge in [-0.3, -0.25) is 14.4 Å². The minimum absolute atomic E-state index is 0.0328. The van der Waals surface area contributed by atoms with Crippen molar-refractivity contribution >= 4 is 23.4 Å². The summed E-state index contributed by atoms with van der Waals surface area (Å²) < 4.78 is 11.4. The molecule has 3 amide bonds. The second kappa shape index (κ2) is 13.5. The van der Waals surface area contributed by atoms with Crippen molar-refractivity contribution in [3.63, 3.8) is 0 Å². The minimum atomic E-state index is -0.263. The van der Waals surface area contributed by atoms with E-state index in [4.69, 9.17) is 9.47 Å². The van der Waals surface area contributed by atoms with Crippen LogP contribution in [0.2, 0.25) is 0 Å². The molecule has 0 saturated carbocycles. The van der Waals surface area contributed by atoms with Gasteiger partial charge >= 0.3 is 0 Å². The maximum atomic E-state index is 12.8. The van der Waals surface area contributed by atoms with Gasteiger partial charge in [-0.2, -0.15) is 0 Å². The maximum Gasteiger partial charge on any atom is 0.260 e. The highest BCUT2D eigenvalue weighted by molar-refractivity contribution is 5.95. The number of carbonyl (C=O) groups excluding carboxylic acids is 3. The molecule has 1 heterocycles. The van der Waals surface area contributed by atoms with Gasteiger partial charge < -0.3 is 25.0 Å². The van der Waals surface area contributed by atoms with Crippen molar-refractivity contribution in [3.8, 4) is 11.5 Å². The normalized spacial score (nSPS) is 13.3. The predicted molar refractivity (Wildman–Crippen MR) is 139 cm³/mol. The molecule has 36 heavy (non-hydrogen) atoms. The number of hydrogen-bond acceptors (Lipinski definition) is 5. The lowest BCUT2D eigenvalue weighted by atomic mass is 10.1. The monoisotopic (exact) mass is 495 g/mol. The van der Waals surface area contributed by atoms with Crippen LogP contribution < -0.4 is 20.1 Å². The SMILES string of the molecule is CCOc1cc(C(=O)NCc2cccc(NC(=O)CC(C)C)c2)ccc1OCC(=O)N1CCCCC1. The first-order chi connectivity index (χ1) is 17.4. The number of amides is 3. The number of rotatable bonds is 11. The quantitative estimate of drug-likeness (QED) is 0.482. The molecule has 194 valence electrons. The third kappa shape index (κ3) is 8.29. The average molecular weight is 496 g/mol. The molecule has 0 radical (unpaired) electrons. The van der Waals surface area contributed by atoms with Crippen molar-refractivity contribution in [1.82, 2.24) is 10.2 Å². The Morgan fingerprint density at radius 2 is 1.75 bits per heavy atom. The number of ether oxygens (including phenoxy) is 2. The van der Waals surface area contributed by atoms with Gasteiger partial charge in [0.25, 0.3) is 11.8 Å². The van der Waals surface area contributed by atoms with Crippen molar-refractivity contribution < 1.29 is 23.9 Å². The summed E-state index contributed by atoms with van der Waals surface area (Å²) in [6, 6.07) is 12.3. The average Bonchev–Trinajstić information content (AvgIpc) is 2.86. The van der Waals surface area contributed by atoms with Crippen LogP contribution in [0.15, 0.2) is 42.5 Å². The molecular weight excluding hydrogens is 458 g/mol. The third-order valence-electron chi connectivity index (χ3n) is 5.82. The van der Waals surface area contributed by atoms with Gasteiger partial charge in [-0.25, -0.2) is 0 Å². The molecule has 0 aromatic heterocycles. The molecule has 0 aliphatic carbocycles. The molecule has 0 unspecified atom stereocenters. The van der Waals surface area contributed by atoms with Gasteiger partial charge in [0.2, 0.25) is 5.91 Å². The first kappa shape index (κ1) is 27.0. The largest absolute Gasteiger partial charge is 0.490 e. The Hall–Kier alpha value is -3.55. The molecule has 1 aliphatic heterocycles. The molecule has 3 rings (SSSR count). The molecule has 1 aliphatic rings. The van der Waals surface area contributed by atoms with Crippen molar-refractivity contribution in [2.45, 2.75) is 53.0 Å². The number of piperidine rings is 1. The van der Waals surface area contributed by atoms with Gasteiger partial charge in [0, 0.05) is 37.3 Å². The van der Waals surface area contributed by atoms with Crippen LogP contribution in [0.25, 0.3) is 0 Å². The third-order valence-corrected chi connectivity index (χ3v) is 5.82. The molecule has 8 heteroatoms. The molecule has 1 fully saturated rings. The molecule has 0 atom stereocenters. The molecular formula is C28H37N3O5. The number of hydrogen-bond donors (Lipinski definition) is 2. The van der Waals surface area contributed by atoms with Crippen LogP contribution in [0.4, 0.5) is 5.69 Å². The number of carbonyl (C=O) groups is 3. The number of likely N-dealkylation sites (tertiary alicyclic amines) is 1. The smallest absolute Gasteiger partial charge is 0.260 e. The Morgan fingerprint density at radius 1 is 0.972 bits per heavy atom. The highest BCUT2D eigenvalue weighted by Gasteiger charge is 2.18. The van der Waals surface area contributed by atoms with E-state index in [2.05, 4.69) is 10.6 Å². The zero-order chi connectivity index (χ0) is 25.9. The first-order valence-electron chi connectivity index (χ1n) is 12.7.